The fourth-order valence-corrected chi connectivity index (χ4v) is 3.93. The Kier molecular flexibility index (Phi) is 6.56. The molecule has 1 amide bonds. The second-order valence-corrected chi connectivity index (χ2v) is 7.10. The van der Waals surface area contributed by atoms with Gasteiger partial charge in [0.25, 0.3) is 10.2 Å². The zero-order valence-electron chi connectivity index (χ0n) is 12.2. The smallest absolute Gasteiger partial charge is 0.306 e. The van der Waals surface area contributed by atoms with E-state index in [1.54, 1.807) is 0 Å². The first-order chi connectivity index (χ1) is 9.78. The lowest BCUT2D eigenvalue weighted by atomic mass is 9.99. The molecular weight excluding hydrogens is 298 g/mol. The van der Waals surface area contributed by atoms with Crippen molar-refractivity contribution in [3.8, 4) is 0 Å². The molecule has 0 bridgehead atoms. The Bertz CT molecular complexity index is 471. The minimum absolute atomic E-state index is 0.153. The van der Waals surface area contributed by atoms with Crippen molar-refractivity contribution >= 4 is 22.1 Å². The molecule has 9 heteroatoms. The van der Waals surface area contributed by atoms with Crippen molar-refractivity contribution in [2.24, 2.45) is 11.7 Å². The Morgan fingerprint density at radius 1 is 1.33 bits per heavy atom. The summed E-state index contributed by atoms with van der Waals surface area (Å²) >= 11 is 0. The Hall–Kier alpha value is -1.19. The van der Waals surface area contributed by atoms with E-state index in [-0.39, 0.29) is 39.0 Å². The van der Waals surface area contributed by atoms with Crippen LogP contribution in [0.1, 0.15) is 32.6 Å². The van der Waals surface area contributed by atoms with Crippen molar-refractivity contribution in [2.45, 2.75) is 32.6 Å². The maximum absolute atomic E-state index is 12.5. The largest absolute Gasteiger partial charge is 0.481 e. The molecule has 1 aliphatic heterocycles. The summed E-state index contributed by atoms with van der Waals surface area (Å²) in [5.41, 5.74) is 5.11. The van der Waals surface area contributed by atoms with Crippen LogP contribution < -0.4 is 5.73 Å². The van der Waals surface area contributed by atoms with Crippen LogP contribution in [0.4, 0.5) is 0 Å². The van der Waals surface area contributed by atoms with Gasteiger partial charge in [0.1, 0.15) is 0 Å². The lowest BCUT2D eigenvalue weighted by Crippen LogP contribution is -2.50. The van der Waals surface area contributed by atoms with Gasteiger partial charge in [0, 0.05) is 19.6 Å². The summed E-state index contributed by atoms with van der Waals surface area (Å²) in [6, 6.07) is 0. The molecule has 0 radical (unpaired) electrons. The zero-order chi connectivity index (χ0) is 16.0. The molecule has 21 heavy (non-hydrogen) atoms. The molecular formula is C12H23N3O5S. The first-order valence-electron chi connectivity index (χ1n) is 7.05. The number of primary amides is 1. The van der Waals surface area contributed by atoms with Gasteiger partial charge in [0.2, 0.25) is 5.91 Å². The van der Waals surface area contributed by atoms with Gasteiger partial charge in [-0.2, -0.15) is 17.0 Å². The van der Waals surface area contributed by atoms with Gasteiger partial charge in [-0.15, -0.1) is 0 Å². The van der Waals surface area contributed by atoms with Crippen LogP contribution in [0.25, 0.3) is 0 Å². The van der Waals surface area contributed by atoms with Gasteiger partial charge < -0.3 is 10.8 Å². The highest BCUT2D eigenvalue weighted by Crippen LogP contribution is 2.21. The number of unbranched alkanes of at least 4 members (excludes halogenated alkanes) is 1. The lowest BCUT2D eigenvalue weighted by molar-refractivity contribution is -0.142. The number of amides is 1. The molecule has 122 valence electrons. The molecule has 0 spiro atoms. The highest BCUT2D eigenvalue weighted by Gasteiger charge is 2.35. The minimum Gasteiger partial charge on any atom is -0.481 e. The van der Waals surface area contributed by atoms with Crippen molar-refractivity contribution in [1.29, 1.82) is 0 Å². The van der Waals surface area contributed by atoms with Gasteiger partial charge in [-0.1, -0.05) is 13.3 Å². The van der Waals surface area contributed by atoms with E-state index < -0.39 is 28.0 Å². The number of hydrogen-bond donors (Lipinski definition) is 2. The summed E-state index contributed by atoms with van der Waals surface area (Å²) in [6.07, 6.45) is 2.00. The van der Waals surface area contributed by atoms with Crippen LogP contribution in [-0.4, -0.2) is 60.2 Å². The molecule has 1 fully saturated rings. The molecule has 3 N–H and O–H groups in total. The number of rotatable bonds is 8. The first kappa shape index (κ1) is 17.9. The Balaban J connectivity index is 2.76. The third-order valence-electron chi connectivity index (χ3n) is 3.55. The summed E-state index contributed by atoms with van der Waals surface area (Å²) in [7, 11) is -3.77. The summed E-state index contributed by atoms with van der Waals surface area (Å²) in [6.45, 7) is 2.12. The molecule has 0 unspecified atom stereocenters. The van der Waals surface area contributed by atoms with E-state index >= 15 is 0 Å². The van der Waals surface area contributed by atoms with E-state index in [1.165, 1.54) is 4.31 Å². The minimum atomic E-state index is -3.77. The molecule has 1 rings (SSSR count). The van der Waals surface area contributed by atoms with Crippen LogP contribution in [0, 0.1) is 5.92 Å². The molecule has 0 aromatic rings. The molecule has 1 aliphatic rings. The average Bonchev–Trinajstić information content (AvgIpc) is 2.43. The van der Waals surface area contributed by atoms with Gasteiger partial charge in [-0.25, -0.2) is 0 Å². The summed E-state index contributed by atoms with van der Waals surface area (Å²) in [5.74, 6) is -2.10. The van der Waals surface area contributed by atoms with E-state index in [2.05, 4.69) is 0 Å². The fourth-order valence-electron chi connectivity index (χ4n) is 2.28. The number of carbonyl (C=O) groups is 2. The van der Waals surface area contributed by atoms with Gasteiger partial charge >= 0.3 is 5.97 Å². The molecule has 8 nitrogen and oxygen atoms in total. The van der Waals surface area contributed by atoms with Crippen LogP contribution in [0.5, 0.6) is 0 Å². The number of carboxylic acid groups (broad SMARTS) is 1. The van der Waals surface area contributed by atoms with Crippen LogP contribution in [0.2, 0.25) is 0 Å². The number of carboxylic acids is 1. The van der Waals surface area contributed by atoms with E-state index in [4.69, 9.17) is 10.8 Å². The van der Waals surface area contributed by atoms with Crippen LogP contribution in [-0.2, 0) is 19.8 Å². The Morgan fingerprint density at radius 3 is 2.33 bits per heavy atom. The molecule has 0 aliphatic carbocycles. The predicted molar refractivity (Wildman–Crippen MR) is 76.5 cm³/mol. The molecule has 0 atom stereocenters. The summed E-state index contributed by atoms with van der Waals surface area (Å²) < 4.78 is 27.3. The Labute approximate surface area is 125 Å². The molecule has 0 aromatic heterocycles. The van der Waals surface area contributed by atoms with Crippen molar-refractivity contribution in [1.82, 2.24) is 8.61 Å². The summed E-state index contributed by atoms with van der Waals surface area (Å²) in [5, 5.41) is 8.93. The second-order valence-electron chi connectivity index (χ2n) is 5.17. The van der Waals surface area contributed by atoms with E-state index in [1.807, 2.05) is 6.92 Å². The zero-order valence-corrected chi connectivity index (χ0v) is 13.0. The van der Waals surface area contributed by atoms with E-state index in [0.717, 1.165) is 10.7 Å². The average molecular weight is 321 g/mol. The van der Waals surface area contributed by atoms with Gasteiger partial charge in [-0.3, -0.25) is 9.59 Å². The first-order valence-corrected chi connectivity index (χ1v) is 8.45. The molecule has 0 aromatic carbocycles. The number of piperidine rings is 1. The monoisotopic (exact) mass is 321 g/mol. The highest BCUT2D eigenvalue weighted by atomic mass is 32.2. The maximum Gasteiger partial charge on any atom is 0.306 e. The third-order valence-corrected chi connectivity index (χ3v) is 5.53. The SMILES string of the molecule is CCCCN(CC(N)=O)S(=O)(=O)N1CCC(C(=O)O)CC1. The normalized spacial score (nSPS) is 18.0. The summed E-state index contributed by atoms with van der Waals surface area (Å²) in [4.78, 5) is 22.0. The van der Waals surface area contributed by atoms with Crippen LogP contribution >= 0.6 is 0 Å². The van der Waals surface area contributed by atoms with Gasteiger partial charge in [0.15, 0.2) is 0 Å². The number of carbonyl (C=O) groups excluding carboxylic acids is 1. The number of aliphatic carboxylic acids is 1. The number of nitrogens with zero attached hydrogens (tertiary/aromatic N) is 2. The van der Waals surface area contributed by atoms with E-state index in [9.17, 15) is 18.0 Å². The van der Waals surface area contributed by atoms with Crippen molar-refractivity contribution in [3.05, 3.63) is 0 Å². The standard InChI is InChI=1S/C12H23N3O5S/c1-2-3-6-15(9-11(13)16)21(19,20)14-7-4-10(5-8-14)12(17)18/h10H,2-9H2,1H3,(H2,13,16)(H,17,18). The quantitative estimate of drug-likeness (QED) is 0.631. The number of nitrogens with two attached hydrogens (primary N) is 1. The fraction of sp³-hybridized carbons (Fsp3) is 0.833. The highest BCUT2D eigenvalue weighted by molar-refractivity contribution is 7.86. The lowest BCUT2D eigenvalue weighted by Gasteiger charge is -2.33. The van der Waals surface area contributed by atoms with Gasteiger partial charge in [0.05, 0.1) is 12.5 Å². The third kappa shape index (κ3) is 4.94. The van der Waals surface area contributed by atoms with Crippen LogP contribution in [0.3, 0.4) is 0 Å². The Morgan fingerprint density at radius 2 is 1.90 bits per heavy atom. The topological polar surface area (TPSA) is 121 Å². The molecule has 1 saturated heterocycles. The van der Waals surface area contributed by atoms with Crippen molar-refractivity contribution in [2.75, 3.05) is 26.2 Å². The van der Waals surface area contributed by atoms with Crippen molar-refractivity contribution in [3.63, 3.8) is 0 Å². The van der Waals surface area contributed by atoms with Crippen molar-refractivity contribution < 1.29 is 23.1 Å². The number of hydrogen-bond acceptors (Lipinski definition) is 4. The predicted octanol–water partition coefficient (Wildman–Crippen LogP) is -0.385. The molecule has 0 saturated carbocycles. The molecule has 1 heterocycles. The second kappa shape index (κ2) is 7.71. The van der Waals surface area contributed by atoms with E-state index in [0.29, 0.717) is 6.42 Å². The maximum atomic E-state index is 12.5. The van der Waals surface area contributed by atoms with Gasteiger partial charge in [-0.05, 0) is 19.3 Å². The van der Waals surface area contributed by atoms with Crippen LogP contribution in [0.15, 0.2) is 0 Å².